The second-order valence-electron chi connectivity index (χ2n) is 2.91. The van der Waals surface area contributed by atoms with Crippen molar-refractivity contribution in [1.82, 2.24) is 4.72 Å². The van der Waals surface area contributed by atoms with Gasteiger partial charge in [-0.15, -0.1) is 0 Å². The van der Waals surface area contributed by atoms with Gasteiger partial charge in [0, 0.05) is 12.7 Å². The van der Waals surface area contributed by atoms with Crippen LogP contribution >= 0.6 is 0 Å². The summed E-state index contributed by atoms with van der Waals surface area (Å²) in [6.45, 7) is 9.99. The van der Waals surface area contributed by atoms with Crippen LogP contribution in [0.4, 0.5) is 0 Å². The van der Waals surface area contributed by atoms with Crippen LogP contribution in [0.3, 0.4) is 0 Å². The average Bonchev–Trinajstić information content (AvgIpc) is 2.28. The van der Waals surface area contributed by atoms with Gasteiger partial charge in [-0.25, -0.2) is 4.21 Å². The van der Waals surface area contributed by atoms with Crippen molar-refractivity contribution in [3.8, 4) is 0 Å². The van der Waals surface area contributed by atoms with Crippen molar-refractivity contribution in [2.45, 2.75) is 47.5 Å². The minimum absolute atomic E-state index is 0.302. The molecule has 0 bridgehead atoms. The normalized spacial score (nSPS) is 16.0. The predicted octanol–water partition coefficient (Wildman–Crippen LogP) is 3.43. The molecule has 0 spiro atoms. The number of rotatable bonds is 2. The van der Waals surface area contributed by atoms with Crippen LogP contribution in [0.25, 0.3) is 0 Å². The molecule has 1 unspecified atom stereocenters. The minimum Gasteiger partial charge on any atom is -0.510 e. The van der Waals surface area contributed by atoms with Gasteiger partial charge in [0.2, 0.25) is 0 Å². The van der Waals surface area contributed by atoms with E-state index in [4.69, 9.17) is 0 Å². The molecule has 0 fully saturated rings. The predicted molar refractivity (Wildman–Crippen MR) is 72.5 cm³/mol. The first-order valence-corrected chi connectivity index (χ1v) is 7.35. The maximum absolute atomic E-state index is 10.8. The Morgan fingerprint density at radius 3 is 2.19 bits per heavy atom. The summed E-state index contributed by atoms with van der Waals surface area (Å²) < 4.78 is 13.5. The van der Waals surface area contributed by atoms with Crippen LogP contribution in [-0.2, 0) is 11.0 Å². The molecule has 0 saturated carbocycles. The van der Waals surface area contributed by atoms with E-state index in [-0.39, 0.29) is 0 Å². The molecule has 0 heterocycles. The van der Waals surface area contributed by atoms with E-state index in [9.17, 15) is 9.32 Å². The summed E-state index contributed by atoms with van der Waals surface area (Å²) in [7, 11) is -1.11. The van der Waals surface area contributed by atoms with E-state index in [1.807, 2.05) is 40.7 Å². The van der Waals surface area contributed by atoms with Crippen molar-refractivity contribution in [2.24, 2.45) is 0 Å². The summed E-state index contributed by atoms with van der Waals surface area (Å²) in [4.78, 5) is 0. The van der Waals surface area contributed by atoms with Gasteiger partial charge in [-0.3, -0.25) is 0 Å². The molecular weight excluding hydrogens is 222 g/mol. The van der Waals surface area contributed by atoms with Gasteiger partial charge in [0.25, 0.3) is 0 Å². The number of aliphatic hydroxyl groups excluding tert-OH is 1. The van der Waals surface area contributed by atoms with E-state index in [2.05, 4.69) is 4.72 Å². The second kappa shape index (κ2) is 10.7. The zero-order chi connectivity index (χ0) is 13.1. The fraction of sp³-hybridized carbons (Fsp3) is 0.667. The van der Waals surface area contributed by atoms with Crippen molar-refractivity contribution >= 4 is 11.0 Å². The van der Waals surface area contributed by atoms with E-state index >= 15 is 0 Å². The van der Waals surface area contributed by atoms with Crippen LogP contribution in [0, 0.1) is 0 Å². The van der Waals surface area contributed by atoms with Gasteiger partial charge in [-0.1, -0.05) is 33.3 Å². The lowest BCUT2D eigenvalue weighted by molar-refractivity contribution is 0.377. The van der Waals surface area contributed by atoms with Crippen molar-refractivity contribution in [3.05, 3.63) is 23.1 Å². The van der Waals surface area contributed by atoms with Crippen molar-refractivity contribution in [1.29, 1.82) is 0 Å². The van der Waals surface area contributed by atoms with Crippen LogP contribution < -0.4 is 4.72 Å². The summed E-state index contributed by atoms with van der Waals surface area (Å²) in [6.07, 6.45) is 4.90. The van der Waals surface area contributed by atoms with Gasteiger partial charge in [-0.05, 0) is 19.4 Å². The van der Waals surface area contributed by atoms with Crippen LogP contribution in [0.15, 0.2) is 23.1 Å². The molecule has 16 heavy (non-hydrogen) atoms. The van der Waals surface area contributed by atoms with Gasteiger partial charge in [0.15, 0.2) is 0 Å². The Bertz CT molecular complexity index is 270. The molecule has 96 valence electrons. The van der Waals surface area contributed by atoms with E-state index in [0.717, 1.165) is 6.42 Å². The fourth-order valence-electron chi connectivity index (χ4n) is 1.10. The third-order valence-electron chi connectivity index (χ3n) is 1.71. The monoisotopic (exact) mass is 247 g/mol. The van der Waals surface area contributed by atoms with Gasteiger partial charge in [0.1, 0.15) is 16.7 Å². The summed E-state index contributed by atoms with van der Waals surface area (Å²) in [5.41, 5.74) is 1.79. The molecule has 0 saturated heterocycles. The largest absolute Gasteiger partial charge is 0.510 e. The molecule has 4 heteroatoms. The van der Waals surface area contributed by atoms with E-state index in [0.29, 0.717) is 17.9 Å². The van der Waals surface area contributed by atoms with E-state index in [1.165, 1.54) is 11.8 Å². The highest BCUT2D eigenvalue weighted by molar-refractivity contribution is 7.82. The lowest BCUT2D eigenvalue weighted by atomic mass is 10.0. The molecule has 2 N–H and O–H groups in total. The maximum Gasteiger partial charge on any atom is 0.117 e. The van der Waals surface area contributed by atoms with Gasteiger partial charge in [-0.2, -0.15) is 0 Å². The Balaban J connectivity index is 0. The smallest absolute Gasteiger partial charge is 0.117 e. The van der Waals surface area contributed by atoms with Crippen LogP contribution in [0.5, 0.6) is 0 Å². The second-order valence-corrected chi connectivity index (χ2v) is 4.02. The number of allylic oxidation sites excluding steroid dienone is 3. The summed E-state index contributed by atoms with van der Waals surface area (Å²) in [5.74, 6) is 0.302. The van der Waals surface area contributed by atoms with Gasteiger partial charge >= 0.3 is 0 Å². The molecule has 0 aromatic rings. The SMILES string of the molecule is CC.CC.CC1=CC(NS(C)=O)=C(O)CC1. The van der Waals surface area contributed by atoms with Crippen LogP contribution in [-0.4, -0.2) is 15.6 Å². The highest BCUT2D eigenvalue weighted by atomic mass is 32.2. The third-order valence-corrected chi connectivity index (χ3v) is 2.22. The molecule has 0 aliphatic heterocycles. The first kappa shape index (κ1) is 17.6. The number of nitrogens with one attached hydrogen (secondary N) is 1. The third kappa shape index (κ3) is 7.51. The molecule has 1 aliphatic carbocycles. The zero-order valence-corrected chi connectivity index (χ0v) is 12.1. The molecule has 3 nitrogen and oxygen atoms in total. The molecule has 0 radical (unpaired) electrons. The number of hydrogen-bond donors (Lipinski definition) is 2. The molecule has 1 aliphatic rings. The Labute approximate surface area is 102 Å². The number of hydrogen-bond acceptors (Lipinski definition) is 2. The van der Waals surface area contributed by atoms with Crippen molar-refractivity contribution < 1.29 is 9.32 Å². The van der Waals surface area contributed by atoms with Crippen LogP contribution in [0.2, 0.25) is 0 Å². The zero-order valence-electron chi connectivity index (χ0n) is 11.3. The quantitative estimate of drug-likeness (QED) is 0.785. The summed E-state index contributed by atoms with van der Waals surface area (Å²) in [5, 5.41) is 9.37. The highest BCUT2D eigenvalue weighted by Crippen LogP contribution is 2.19. The molecule has 1 atom stereocenters. The highest BCUT2D eigenvalue weighted by Gasteiger charge is 2.10. The lowest BCUT2D eigenvalue weighted by Crippen LogP contribution is -2.17. The topological polar surface area (TPSA) is 49.3 Å². The minimum atomic E-state index is -1.11. The van der Waals surface area contributed by atoms with Gasteiger partial charge in [0.05, 0.1) is 5.70 Å². The summed E-state index contributed by atoms with van der Waals surface area (Å²) >= 11 is 0. The van der Waals surface area contributed by atoms with Gasteiger partial charge < -0.3 is 9.83 Å². The number of aliphatic hydroxyl groups is 1. The average molecular weight is 247 g/mol. The molecule has 0 aromatic carbocycles. The lowest BCUT2D eigenvalue weighted by Gasteiger charge is -2.14. The Kier molecular flexibility index (Phi) is 11.8. The molecule has 0 aromatic heterocycles. The van der Waals surface area contributed by atoms with Crippen LogP contribution in [0.1, 0.15) is 47.5 Å². The molecule has 1 rings (SSSR count). The summed E-state index contributed by atoms with van der Waals surface area (Å²) in [6, 6.07) is 0. The Hall–Kier alpha value is -0.770. The Morgan fingerprint density at radius 1 is 1.25 bits per heavy atom. The maximum atomic E-state index is 10.8. The first-order valence-electron chi connectivity index (χ1n) is 5.79. The standard InChI is InChI=1S/C8H13NO2S.2C2H6/c1-6-3-4-8(10)7(5-6)9-12(2)11;2*1-2/h5,9-10H,3-4H2,1-2H3;2*1-2H3. The molecule has 0 amide bonds. The first-order chi connectivity index (χ1) is 7.59. The van der Waals surface area contributed by atoms with E-state index < -0.39 is 11.0 Å². The van der Waals surface area contributed by atoms with E-state index in [1.54, 1.807) is 0 Å². The van der Waals surface area contributed by atoms with Crippen molar-refractivity contribution in [3.63, 3.8) is 0 Å². The Morgan fingerprint density at radius 2 is 1.75 bits per heavy atom. The molecular formula is C12H25NO2S. The van der Waals surface area contributed by atoms with Crippen molar-refractivity contribution in [2.75, 3.05) is 6.26 Å². The fourth-order valence-corrected chi connectivity index (χ4v) is 1.58.